The number of carbonyl (C=O) groups is 1. The lowest BCUT2D eigenvalue weighted by atomic mass is 10.1. The summed E-state index contributed by atoms with van der Waals surface area (Å²) in [5.74, 6) is -0.0992. The molecule has 4 heteroatoms. The smallest absolute Gasteiger partial charge is 0.267 e. The van der Waals surface area contributed by atoms with Gasteiger partial charge in [0, 0.05) is 19.3 Å². The van der Waals surface area contributed by atoms with Gasteiger partial charge < -0.3 is 16.0 Å². The van der Waals surface area contributed by atoms with Gasteiger partial charge in [-0.3, -0.25) is 4.79 Å². The molecule has 0 bridgehead atoms. The van der Waals surface area contributed by atoms with Crippen molar-refractivity contribution in [1.29, 1.82) is 0 Å². The van der Waals surface area contributed by atoms with Gasteiger partial charge in [0.1, 0.15) is 5.69 Å². The van der Waals surface area contributed by atoms with E-state index >= 15 is 0 Å². The Morgan fingerprint density at radius 1 is 1.18 bits per heavy atom. The first-order valence-electron chi connectivity index (χ1n) is 5.49. The molecule has 0 aliphatic rings. The number of hydrogen-bond acceptors (Lipinski definition) is 2. The van der Waals surface area contributed by atoms with Crippen LogP contribution in [0.4, 0.5) is 0 Å². The lowest BCUT2D eigenvalue weighted by molar-refractivity contribution is 0.0946. The van der Waals surface area contributed by atoms with Crippen molar-refractivity contribution in [3.8, 4) is 0 Å². The van der Waals surface area contributed by atoms with Crippen LogP contribution in [-0.2, 0) is 13.1 Å². The van der Waals surface area contributed by atoms with Crippen molar-refractivity contribution in [3.05, 3.63) is 59.4 Å². The Balaban J connectivity index is 1.91. The normalized spacial score (nSPS) is 10.2. The van der Waals surface area contributed by atoms with Crippen LogP contribution in [0.15, 0.2) is 42.6 Å². The van der Waals surface area contributed by atoms with Gasteiger partial charge in [0.2, 0.25) is 0 Å². The van der Waals surface area contributed by atoms with E-state index in [0.717, 1.165) is 11.1 Å². The molecular formula is C13H15N3O. The average Bonchev–Trinajstić information content (AvgIpc) is 2.90. The number of H-pyrrole nitrogens is 1. The topological polar surface area (TPSA) is 70.9 Å². The van der Waals surface area contributed by atoms with Crippen LogP contribution in [-0.4, -0.2) is 10.9 Å². The van der Waals surface area contributed by atoms with Gasteiger partial charge in [0.25, 0.3) is 5.91 Å². The fourth-order valence-corrected chi connectivity index (χ4v) is 1.54. The molecule has 1 aromatic heterocycles. The summed E-state index contributed by atoms with van der Waals surface area (Å²) in [5.41, 5.74) is 8.23. The molecule has 1 aromatic carbocycles. The third-order valence-corrected chi connectivity index (χ3v) is 2.55. The second-order valence-electron chi connectivity index (χ2n) is 3.79. The van der Waals surface area contributed by atoms with Crippen LogP contribution >= 0.6 is 0 Å². The van der Waals surface area contributed by atoms with Crippen LogP contribution < -0.4 is 11.1 Å². The number of rotatable bonds is 4. The summed E-state index contributed by atoms with van der Waals surface area (Å²) >= 11 is 0. The molecule has 0 fully saturated rings. The van der Waals surface area contributed by atoms with Crippen LogP contribution in [0.25, 0.3) is 0 Å². The monoisotopic (exact) mass is 229 g/mol. The number of carbonyl (C=O) groups excluding carboxylic acids is 1. The minimum atomic E-state index is -0.0992. The van der Waals surface area contributed by atoms with E-state index in [9.17, 15) is 4.79 Å². The van der Waals surface area contributed by atoms with Crippen molar-refractivity contribution < 1.29 is 4.79 Å². The van der Waals surface area contributed by atoms with E-state index in [1.165, 1.54) is 0 Å². The number of aromatic amines is 1. The predicted molar refractivity (Wildman–Crippen MR) is 66.3 cm³/mol. The number of amides is 1. The van der Waals surface area contributed by atoms with E-state index in [0.29, 0.717) is 18.8 Å². The zero-order chi connectivity index (χ0) is 12.1. The first kappa shape index (κ1) is 11.4. The number of nitrogens with one attached hydrogen (secondary N) is 2. The highest BCUT2D eigenvalue weighted by atomic mass is 16.1. The Hall–Kier alpha value is -2.07. The standard InChI is InChI=1S/C13H15N3O/c14-8-10-3-5-11(6-4-10)9-16-13(17)12-2-1-7-15-12/h1-7,15H,8-9,14H2,(H,16,17). The molecule has 2 rings (SSSR count). The summed E-state index contributed by atoms with van der Waals surface area (Å²) in [5, 5.41) is 2.84. The zero-order valence-corrected chi connectivity index (χ0v) is 9.44. The second kappa shape index (κ2) is 5.32. The largest absolute Gasteiger partial charge is 0.357 e. The zero-order valence-electron chi connectivity index (χ0n) is 9.44. The van der Waals surface area contributed by atoms with Gasteiger partial charge in [-0.15, -0.1) is 0 Å². The fraction of sp³-hybridized carbons (Fsp3) is 0.154. The molecule has 4 nitrogen and oxygen atoms in total. The molecule has 0 unspecified atom stereocenters. The minimum Gasteiger partial charge on any atom is -0.357 e. The molecule has 0 radical (unpaired) electrons. The average molecular weight is 229 g/mol. The van der Waals surface area contributed by atoms with Gasteiger partial charge in [0.05, 0.1) is 0 Å². The first-order chi connectivity index (χ1) is 8.29. The summed E-state index contributed by atoms with van der Waals surface area (Å²) in [6, 6.07) is 11.4. The molecule has 0 saturated heterocycles. The maximum atomic E-state index is 11.6. The van der Waals surface area contributed by atoms with Crippen molar-refractivity contribution in [2.75, 3.05) is 0 Å². The van der Waals surface area contributed by atoms with Crippen LogP contribution in [0, 0.1) is 0 Å². The summed E-state index contributed by atoms with van der Waals surface area (Å²) in [6.07, 6.45) is 1.73. The maximum Gasteiger partial charge on any atom is 0.267 e. The van der Waals surface area contributed by atoms with Gasteiger partial charge in [-0.1, -0.05) is 24.3 Å². The third kappa shape index (κ3) is 2.95. The quantitative estimate of drug-likeness (QED) is 0.741. The van der Waals surface area contributed by atoms with Crippen LogP contribution in [0.5, 0.6) is 0 Å². The number of hydrogen-bond donors (Lipinski definition) is 3. The van der Waals surface area contributed by atoms with E-state index in [4.69, 9.17) is 5.73 Å². The molecule has 0 spiro atoms. The first-order valence-corrected chi connectivity index (χ1v) is 5.49. The summed E-state index contributed by atoms with van der Waals surface area (Å²) in [7, 11) is 0. The summed E-state index contributed by atoms with van der Waals surface area (Å²) in [4.78, 5) is 14.5. The highest BCUT2D eigenvalue weighted by molar-refractivity contribution is 5.92. The molecule has 1 amide bonds. The highest BCUT2D eigenvalue weighted by Crippen LogP contribution is 2.04. The number of nitrogens with two attached hydrogens (primary N) is 1. The number of aromatic nitrogens is 1. The van der Waals surface area contributed by atoms with Gasteiger partial charge in [-0.05, 0) is 23.3 Å². The van der Waals surface area contributed by atoms with E-state index in [2.05, 4.69) is 10.3 Å². The highest BCUT2D eigenvalue weighted by Gasteiger charge is 2.04. The van der Waals surface area contributed by atoms with Gasteiger partial charge in [-0.25, -0.2) is 0 Å². The summed E-state index contributed by atoms with van der Waals surface area (Å²) < 4.78 is 0. The molecule has 0 atom stereocenters. The van der Waals surface area contributed by atoms with Crippen LogP contribution in [0.2, 0.25) is 0 Å². The molecule has 0 aliphatic carbocycles. The molecule has 0 aliphatic heterocycles. The molecule has 2 aromatic rings. The lowest BCUT2D eigenvalue weighted by Crippen LogP contribution is -2.23. The van der Waals surface area contributed by atoms with Gasteiger partial charge in [0.15, 0.2) is 0 Å². The lowest BCUT2D eigenvalue weighted by Gasteiger charge is -2.05. The van der Waals surface area contributed by atoms with Gasteiger partial charge in [-0.2, -0.15) is 0 Å². The molecule has 4 N–H and O–H groups in total. The van der Waals surface area contributed by atoms with Gasteiger partial charge >= 0.3 is 0 Å². The Bertz CT molecular complexity index is 474. The van der Waals surface area contributed by atoms with Crippen molar-refractivity contribution >= 4 is 5.91 Å². The van der Waals surface area contributed by atoms with E-state index in [-0.39, 0.29) is 5.91 Å². The number of benzene rings is 1. The Morgan fingerprint density at radius 2 is 1.88 bits per heavy atom. The van der Waals surface area contributed by atoms with E-state index < -0.39 is 0 Å². The predicted octanol–water partition coefficient (Wildman–Crippen LogP) is 1.40. The Kier molecular flexibility index (Phi) is 3.57. The fourth-order valence-electron chi connectivity index (χ4n) is 1.54. The Morgan fingerprint density at radius 3 is 2.47 bits per heavy atom. The van der Waals surface area contributed by atoms with E-state index in [1.807, 2.05) is 24.3 Å². The second-order valence-corrected chi connectivity index (χ2v) is 3.79. The van der Waals surface area contributed by atoms with Crippen molar-refractivity contribution in [2.45, 2.75) is 13.1 Å². The molecule has 1 heterocycles. The Labute approximate surface area is 99.8 Å². The van der Waals surface area contributed by atoms with E-state index in [1.54, 1.807) is 18.3 Å². The van der Waals surface area contributed by atoms with Crippen molar-refractivity contribution in [2.24, 2.45) is 5.73 Å². The molecule has 88 valence electrons. The van der Waals surface area contributed by atoms with Crippen LogP contribution in [0.3, 0.4) is 0 Å². The van der Waals surface area contributed by atoms with Crippen LogP contribution in [0.1, 0.15) is 21.6 Å². The molecule has 17 heavy (non-hydrogen) atoms. The summed E-state index contributed by atoms with van der Waals surface area (Å²) in [6.45, 7) is 1.05. The van der Waals surface area contributed by atoms with Crippen molar-refractivity contribution in [1.82, 2.24) is 10.3 Å². The molecular weight excluding hydrogens is 214 g/mol. The maximum absolute atomic E-state index is 11.6. The van der Waals surface area contributed by atoms with Crippen molar-refractivity contribution in [3.63, 3.8) is 0 Å². The third-order valence-electron chi connectivity index (χ3n) is 2.55. The minimum absolute atomic E-state index is 0.0992. The SMILES string of the molecule is NCc1ccc(CNC(=O)c2ccc[nH]2)cc1. The molecule has 0 saturated carbocycles.